The van der Waals surface area contributed by atoms with E-state index in [4.69, 9.17) is 5.11 Å². The second-order valence-electron chi connectivity index (χ2n) is 4.45. The van der Waals surface area contributed by atoms with Crippen molar-refractivity contribution in [3.8, 4) is 0 Å². The Balaban J connectivity index is 2.79. The number of carboxylic acid groups (broad SMARTS) is 1. The highest BCUT2D eigenvalue weighted by Crippen LogP contribution is 2.05. The van der Waals surface area contributed by atoms with Gasteiger partial charge in [-0.05, 0) is 25.0 Å². The van der Waals surface area contributed by atoms with Gasteiger partial charge in [0, 0.05) is 12.5 Å². The molecule has 0 aliphatic rings. The second kappa shape index (κ2) is 6.47. The zero-order chi connectivity index (χ0) is 15.3. The second-order valence-corrected chi connectivity index (χ2v) is 6.71. The Morgan fingerprint density at radius 1 is 1.45 bits per heavy atom. The molecule has 1 rings (SSSR count). The lowest BCUT2D eigenvalue weighted by Gasteiger charge is -2.14. The first-order valence-corrected chi connectivity index (χ1v) is 7.90. The van der Waals surface area contributed by atoms with Crippen molar-refractivity contribution in [1.29, 1.82) is 0 Å². The zero-order valence-corrected chi connectivity index (χ0v) is 12.0. The fourth-order valence-electron chi connectivity index (χ4n) is 1.54. The van der Waals surface area contributed by atoms with Gasteiger partial charge in [0.1, 0.15) is 21.6 Å². The van der Waals surface area contributed by atoms with Crippen molar-refractivity contribution in [2.24, 2.45) is 0 Å². The molecule has 1 atom stereocenters. The van der Waals surface area contributed by atoms with Gasteiger partial charge in [-0.25, -0.2) is 13.2 Å². The summed E-state index contributed by atoms with van der Waals surface area (Å²) in [5.74, 6) is -2.23. The number of aromatic nitrogens is 1. The molecule has 8 heteroatoms. The molecule has 1 aromatic rings. The van der Waals surface area contributed by atoms with Gasteiger partial charge in [-0.15, -0.1) is 0 Å². The van der Waals surface area contributed by atoms with E-state index in [1.807, 2.05) is 0 Å². The number of aliphatic carboxylic acids is 1. The predicted molar refractivity (Wildman–Crippen MR) is 72.2 cm³/mol. The molecule has 0 aliphatic heterocycles. The number of sulfone groups is 1. The van der Waals surface area contributed by atoms with E-state index in [9.17, 15) is 18.0 Å². The number of nitrogens with zero attached hydrogens (tertiary/aromatic N) is 1. The third kappa shape index (κ3) is 4.96. The molecular formula is C12H16N2O5S. The standard InChI is InChI=1S/C12H16N2O5S/c1-8-4-3-6-13-10(8)11(15)14-9(12(16)17)5-7-20(2,18)19/h3-4,6,9H,5,7H2,1-2H3,(H,14,15)(H,16,17). The average molecular weight is 300 g/mol. The van der Waals surface area contributed by atoms with Gasteiger partial charge in [0.2, 0.25) is 0 Å². The Hall–Kier alpha value is -1.96. The van der Waals surface area contributed by atoms with Crippen LogP contribution >= 0.6 is 0 Å². The molecule has 0 radical (unpaired) electrons. The summed E-state index contributed by atoms with van der Waals surface area (Å²) in [6.45, 7) is 1.67. The van der Waals surface area contributed by atoms with Crippen LogP contribution in [0.5, 0.6) is 0 Å². The lowest BCUT2D eigenvalue weighted by atomic mass is 10.2. The molecule has 2 N–H and O–H groups in total. The van der Waals surface area contributed by atoms with Crippen LogP contribution < -0.4 is 5.32 Å². The SMILES string of the molecule is Cc1cccnc1C(=O)NC(CCS(C)(=O)=O)C(=O)O. The molecule has 7 nitrogen and oxygen atoms in total. The molecule has 0 spiro atoms. The lowest BCUT2D eigenvalue weighted by Crippen LogP contribution is -2.42. The molecule has 0 fully saturated rings. The molecule has 0 bridgehead atoms. The van der Waals surface area contributed by atoms with Crippen LogP contribution in [0.2, 0.25) is 0 Å². The number of nitrogens with one attached hydrogen (secondary N) is 1. The van der Waals surface area contributed by atoms with E-state index >= 15 is 0 Å². The monoisotopic (exact) mass is 300 g/mol. The molecule has 1 heterocycles. The minimum atomic E-state index is -3.29. The number of rotatable bonds is 6. The summed E-state index contributed by atoms with van der Waals surface area (Å²) in [5.41, 5.74) is 0.732. The van der Waals surface area contributed by atoms with E-state index in [0.29, 0.717) is 5.56 Å². The van der Waals surface area contributed by atoms with Crippen LogP contribution in [0.25, 0.3) is 0 Å². The van der Waals surface area contributed by atoms with Crippen LogP contribution in [0.3, 0.4) is 0 Å². The summed E-state index contributed by atoms with van der Waals surface area (Å²) in [6.07, 6.45) is 2.25. The third-order valence-electron chi connectivity index (χ3n) is 2.61. The molecule has 1 amide bonds. The molecular weight excluding hydrogens is 284 g/mol. The van der Waals surface area contributed by atoms with Crippen LogP contribution in [0.4, 0.5) is 0 Å². The highest BCUT2D eigenvalue weighted by molar-refractivity contribution is 7.90. The van der Waals surface area contributed by atoms with Crippen molar-refractivity contribution in [3.05, 3.63) is 29.6 Å². The van der Waals surface area contributed by atoms with Crippen LogP contribution in [0.1, 0.15) is 22.5 Å². The summed E-state index contributed by atoms with van der Waals surface area (Å²) in [6, 6.07) is 2.07. The molecule has 0 saturated carbocycles. The first-order chi connectivity index (χ1) is 9.20. The summed E-state index contributed by atoms with van der Waals surface area (Å²) < 4.78 is 22.1. The fraction of sp³-hybridized carbons (Fsp3) is 0.417. The number of carbonyl (C=O) groups is 2. The third-order valence-corrected chi connectivity index (χ3v) is 3.58. The smallest absolute Gasteiger partial charge is 0.326 e. The zero-order valence-electron chi connectivity index (χ0n) is 11.2. The van der Waals surface area contributed by atoms with E-state index in [-0.39, 0.29) is 17.9 Å². The Kier molecular flexibility index (Phi) is 5.20. The molecule has 0 aliphatic carbocycles. The summed E-state index contributed by atoms with van der Waals surface area (Å²) in [7, 11) is -3.29. The number of carbonyl (C=O) groups excluding carboxylic acids is 1. The molecule has 1 aromatic heterocycles. The van der Waals surface area contributed by atoms with E-state index in [2.05, 4.69) is 10.3 Å². The van der Waals surface area contributed by atoms with Crippen molar-refractivity contribution in [2.45, 2.75) is 19.4 Å². The Labute approximate surface area is 116 Å². The van der Waals surface area contributed by atoms with Gasteiger partial charge >= 0.3 is 5.97 Å². The predicted octanol–water partition coefficient (Wildman–Crippen LogP) is 0.00772. The lowest BCUT2D eigenvalue weighted by molar-refractivity contribution is -0.139. The van der Waals surface area contributed by atoms with Crippen molar-refractivity contribution < 1.29 is 23.1 Å². The molecule has 0 saturated heterocycles. The molecule has 1 unspecified atom stereocenters. The molecule has 20 heavy (non-hydrogen) atoms. The van der Waals surface area contributed by atoms with Crippen LogP contribution in [-0.2, 0) is 14.6 Å². The summed E-state index contributed by atoms with van der Waals surface area (Å²) in [4.78, 5) is 26.8. The number of pyridine rings is 1. The topological polar surface area (TPSA) is 113 Å². The van der Waals surface area contributed by atoms with Crippen molar-refractivity contribution in [3.63, 3.8) is 0 Å². The van der Waals surface area contributed by atoms with Crippen LogP contribution in [0.15, 0.2) is 18.3 Å². The van der Waals surface area contributed by atoms with E-state index in [0.717, 1.165) is 6.26 Å². The van der Waals surface area contributed by atoms with Crippen molar-refractivity contribution >= 4 is 21.7 Å². The summed E-state index contributed by atoms with van der Waals surface area (Å²) >= 11 is 0. The normalized spacial score (nSPS) is 12.7. The number of aryl methyl sites for hydroxylation is 1. The van der Waals surface area contributed by atoms with E-state index < -0.39 is 27.8 Å². The van der Waals surface area contributed by atoms with Gasteiger partial charge in [-0.1, -0.05) is 6.07 Å². The van der Waals surface area contributed by atoms with Crippen molar-refractivity contribution in [1.82, 2.24) is 10.3 Å². The minimum absolute atomic E-state index is 0.123. The summed E-state index contributed by atoms with van der Waals surface area (Å²) in [5, 5.41) is 11.3. The average Bonchev–Trinajstić information content (AvgIpc) is 2.33. The number of hydrogen-bond donors (Lipinski definition) is 2. The van der Waals surface area contributed by atoms with Gasteiger partial charge in [0.15, 0.2) is 0 Å². The van der Waals surface area contributed by atoms with Crippen molar-refractivity contribution in [2.75, 3.05) is 12.0 Å². The Morgan fingerprint density at radius 3 is 2.60 bits per heavy atom. The first-order valence-electron chi connectivity index (χ1n) is 5.83. The largest absolute Gasteiger partial charge is 0.480 e. The van der Waals surface area contributed by atoms with Gasteiger partial charge < -0.3 is 10.4 Å². The number of amides is 1. The van der Waals surface area contributed by atoms with Gasteiger partial charge in [-0.2, -0.15) is 0 Å². The molecule has 0 aromatic carbocycles. The van der Waals surface area contributed by atoms with E-state index in [1.54, 1.807) is 19.1 Å². The highest BCUT2D eigenvalue weighted by Gasteiger charge is 2.23. The Morgan fingerprint density at radius 2 is 2.10 bits per heavy atom. The van der Waals surface area contributed by atoms with Gasteiger partial charge in [0.25, 0.3) is 5.91 Å². The maximum absolute atomic E-state index is 11.9. The first kappa shape index (κ1) is 16.1. The van der Waals surface area contributed by atoms with Gasteiger partial charge in [0.05, 0.1) is 5.75 Å². The molecule has 110 valence electrons. The minimum Gasteiger partial charge on any atom is -0.480 e. The highest BCUT2D eigenvalue weighted by atomic mass is 32.2. The van der Waals surface area contributed by atoms with Gasteiger partial charge in [-0.3, -0.25) is 9.78 Å². The maximum atomic E-state index is 11.9. The van der Waals surface area contributed by atoms with Crippen LogP contribution in [-0.4, -0.2) is 48.4 Å². The van der Waals surface area contributed by atoms with Crippen LogP contribution in [0, 0.1) is 6.92 Å². The quantitative estimate of drug-likeness (QED) is 0.765. The number of carboxylic acids is 1. The fourth-order valence-corrected chi connectivity index (χ4v) is 2.20. The number of hydrogen-bond acceptors (Lipinski definition) is 5. The van der Waals surface area contributed by atoms with E-state index in [1.165, 1.54) is 6.20 Å². The Bertz CT molecular complexity index is 612. The maximum Gasteiger partial charge on any atom is 0.326 e.